The molecule has 0 spiro atoms. The molecule has 0 aliphatic carbocycles. The minimum atomic E-state index is -0.689. The van der Waals surface area contributed by atoms with Gasteiger partial charge in [0.15, 0.2) is 0 Å². The molecule has 0 bridgehead atoms. The van der Waals surface area contributed by atoms with Crippen molar-refractivity contribution in [2.75, 3.05) is 20.2 Å². The van der Waals surface area contributed by atoms with Crippen molar-refractivity contribution in [3.8, 4) is 0 Å². The van der Waals surface area contributed by atoms with Gasteiger partial charge in [0.25, 0.3) is 0 Å². The quantitative estimate of drug-likeness (QED) is 0.355. The number of carbonyl (C=O) groups is 4. The number of ether oxygens (including phenoxy) is 1. The Morgan fingerprint density at radius 2 is 1.85 bits per heavy atom. The van der Waals surface area contributed by atoms with Gasteiger partial charge >= 0.3 is 5.97 Å². The van der Waals surface area contributed by atoms with Gasteiger partial charge in [-0.1, -0.05) is 20.3 Å². The second-order valence-corrected chi connectivity index (χ2v) is 4.22. The van der Waals surface area contributed by atoms with E-state index in [1.54, 1.807) is 0 Å². The Bertz CT molecular complexity index is 359. The van der Waals surface area contributed by atoms with Crippen LogP contribution in [0, 0.1) is 5.92 Å². The van der Waals surface area contributed by atoms with Crippen molar-refractivity contribution in [3.05, 3.63) is 0 Å². The summed E-state index contributed by atoms with van der Waals surface area (Å²) in [6, 6.07) is -0.689. The van der Waals surface area contributed by atoms with Crippen molar-refractivity contribution in [1.82, 2.24) is 16.0 Å². The first-order chi connectivity index (χ1) is 9.46. The maximum absolute atomic E-state index is 11.8. The van der Waals surface area contributed by atoms with Crippen LogP contribution < -0.4 is 16.0 Å². The van der Waals surface area contributed by atoms with E-state index < -0.39 is 23.8 Å². The van der Waals surface area contributed by atoms with Gasteiger partial charge in [0, 0.05) is 0 Å². The molecule has 0 aromatic heterocycles. The molecule has 0 aromatic carbocycles. The fraction of sp³-hybridized carbons (Fsp3) is 0.667. The van der Waals surface area contributed by atoms with Gasteiger partial charge in [-0.25, -0.2) is 0 Å². The Hall–Kier alpha value is -2.12. The molecular weight excluding hydrogens is 266 g/mol. The van der Waals surface area contributed by atoms with E-state index in [0.29, 0.717) is 12.8 Å². The lowest BCUT2D eigenvalue weighted by Gasteiger charge is -2.21. The molecular formula is C12H21N3O5. The Labute approximate surface area is 117 Å². The predicted molar refractivity (Wildman–Crippen MR) is 70.5 cm³/mol. The topological polar surface area (TPSA) is 114 Å². The summed E-state index contributed by atoms with van der Waals surface area (Å²) in [4.78, 5) is 44.5. The third kappa shape index (κ3) is 6.72. The first kappa shape index (κ1) is 17.9. The molecule has 114 valence electrons. The standard InChI is InChI=1S/C12H21N3O5/c1-4-8(2)11(15-7-16)12(19)14-5-9(17)13-6-10(18)20-3/h7-8,11H,4-6H2,1-3H3,(H,13,17)(H,14,19)(H,15,16). The highest BCUT2D eigenvalue weighted by atomic mass is 16.5. The average Bonchev–Trinajstić information content (AvgIpc) is 2.46. The normalized spacial score (nSPS) is 12.8. The van der Waals surface area contributed by atoms with Gasteiger partial charge in [0.1, 0.15) is 12.6 Å². The van der Waals surface area contributed by atoms with E-state index in [4.69, 9.17) is 0 Å². The van der Waals surface area contributed by atoms with E-state index in [0.717, 1.165) is 0 Å². The van der Waals surface area contributed by atoms with Gasteiger partial charge in [-0.15, -0.1) is 0 Å². The molecule has 8 heteroatoms. The third-order valence-corrected chi connectivity index (χ3v) is 2.82. The van der Waals surface area contributed by atoms with E-state index in [2.05, 4.69) is 20.7 Å². The monoisotopic (exact) mass is 287 g/mol. The zero-order chi connectivity index (χ0) is 15.5. The van der Waals surface area contributed by atoms with E-state index in [1.165, 1.54) is 7.11 Å². The van der Waals surface area contributed by atoms with Gasteiger partial charge in [0.05, 0.1) is 13.7 Å². The van der Waals surface area contributed by atoms with Gasteiger partial charge in [-0.3, -0.25) is 19.2 Å². The number of methoxy groups -OCH3 is 1. The van der Waals surface area contributed by atoms with E-state index in [-0.39, 0.29) is 19.0 Å². The summed E-state index contributed by atoms with van der Waals surface area (Å²) in [5, 5.41) is 7.10. The van der Waals surface area contributed by atoms with Crippen LogP contribution in [0.25, 0.3) is 0 Å². The van der Waals surface area contributed by atoms with Crippen LogP contribution in [0.2, 0.25) is 0 Å². The zero-order valence-corrected chi connectivity index (χ0v) is 11.9. The number of rotatable bonds is 9. The molecule has 3 amide bonds. The number of carbonyl (C=O) groups excluding carboxylic acids is 4. The predicted octanol–water partition coefficient (Wildman–Crippen LogP) is -1.45. The van der Waals surface area contributed by atoms with Crippen molar-refractivity contribution >= 4 is 24.2 Å². The van der Waals surface area contributed by atoms with Crippen molar-refractivity contribution in [2.45, 2.75) is 26.3 Å². The molecule has 3 N–H and O–H groups in total. The largest absolute Gasteiger partial charge is 0.468 e. The summed E-state index contributed by atoms with van der Waals surface area (Å²) in [7, 11) is 1.21. The maximum Gasteiger partial charge on any atom is 0.325 e. The second-order valence-electron chi connectivity index (χ2n) is 4.22. The van der Waals surface area contributed by atoms with Gasteiger partial charge in [0.2, 0.25) is 18.2 Å². The zero-order valence-electron chi connectivity index (χ0n) is 11.9. The Balaban J connectivity index is 4.20. The number of hydrogen-bond acceptors (Lipinski definition) is 5. The summed E-state index contributed by atoms with van der Waals surface area (Å²) < 4.78 is 4.35. The molecule has 2 atom stereocenters. The smallest absolute Gasteiger partial charge is 0.325 e. The van der Waals surface area contributed by atoms with E-state index >= 15 is 0 Å². The summed E-state index contributed by atoms with van der Waals surface area (Å²) in [6.07, 6.45) is 1.15. The molecule has 0 rings (SSSR count). The van der Waals surface area contributed by atoms with Crippen LogP contribution in [-0.2, 0) is 23.9 Å². The lowest BCUT2D eigenvalue weighted by Crippen LogP contribution is -2.50. The summed E-state index contributed by atoms with van der Waals surface area (Å²) in [5.74, 6) is -1.60. The Morgan fingerprint density at radius 1 is 1.20 bits per heavy atom. The third-order valence-electron chi connectivity index (χ3n) is 2.82. The molecule has 0 heterocycles. The lowest BCUT2D eigenvalue weighted by molar-refractivity contribution is -0.141. The molecule has 0 saturated carbocycles. The summed E-state index contributed by atoms with van der Waals surface area (Å²) in [6.45, 7) is 3.18. The van der Waals surface area contributed by atoms with Crippen LogP contribution in [0.4, 0.5) is 0 Å². The fourth-order valence-corrected chi connectivity index (χ4v) is 1.39. The number of amides is 3. The molecule has 8 nitrogen and oxygen atoms in total. The van der Waals surface area contributed by atoms with Crippen LogP contribution in [0.5, 0.6) is 0 Å². The minimum Gasteiger partial charge on any atom is -0.468 e. The van der Waals surface area contributed by atoms with Crippen LogP contribution in [0.1, 0.15) is 20.3 Å². The first-order valence-corrected chi connectivity index (χ1v) is 6.27. The molecule has 0 aliphatic heterocycles. The van der Waals surface area contributed by atoms with E-state index in [1.807, 2.05) is 13.8 Å². The summed E-state index contributed by atoms with van der Waals surface area (Å²) >= 11 is 0. The highest BCUT2D eigenvalue weighted by Gasteiger charge is 2.23. The SMILES string of the molecule is CCC(C)C(NC=O)C(=O)NCC(=O)NCC(=O)OC. The lowest BCUT2D eigenvalue weighted by atomic mass is 9.98. The van der Waals surface area contributed by atoms with E-state index in [9.17, 15) is 19.2 Å². The second kappa shape index (κ2) is 9.76. The number of hydrogen-bond donors (Lipinski definition) is 3. The maximum atomic E-state index is 11.8. The van der Waals surface area contributed by atoms with Crippen molar-refractivity contribution in [1.29, 1.82) is 0 Å². The Kier molecular flexibility index (Phi) is 8.73. The molecule has 0 aliphatic rings. The van der Waals surface area contributed by atoms with Crippen molar-refractivity contribution in [3.63, 3.8) is 0 Å². The average molecular weight is 287 g/mol. The van der Waals surface area contributed by atoms with Gasteiger partial charge in [-0.2, -0.15) is 0 Å². The highest BCUT2D eigenvalue weighted by molar-refractivity contribution is 5.89. The van der Waals surface area contributed by atoms with Crippen molar-refractivity contribution < 1.29 is 23.9 Å². The summed E-state index contributed by atoms with van der Waals surface area (Å²) in [5.41, 5.74) is 0. The van der Waals surface area contributed by atoms with Crippen LogP contribution in [0.3, 0.4) is 0 Å². The molecule has 0 saturated heterocycles. The number of nitrogens with one attached hydrogen (secondary N) is 3. The molecule has 2 unspecified atom stereocenters. The minimum absolute atomic E-state index is 0.0571. The van der Waals surface area contributed by atoms with Gasteiger partial charge < -0.3 is 20.7 Å². The highest BCUT2D eigenvalue weighted by Crippen LogP contribution is 2.06. The number of esters is 1. The first-order valence-electron chi connectivity index (χ1n) is 6.27. The molecule has 0 fully saturated rings. The Morgan fingerprint density at radius 3 is 2.35 bits per heavy atom. The van der Waals surface area contributed by atoms with Crippen LogP contribution >= 0.6 is 0 Å². The van der Waals surface area contributed by atoms with Crippen molar-refractivity contribution in [2.24, 2.45) is 5.92 Å². The molecule has 0 radical (unpaired) electrons. The molecule has 0 aromatic rings. The molecule has 20 heavy (non-hydrogen) atoms. The van der Waals surface area contributed by atoms with Crippen LogP contribution in [0.15, 0.2) is 0 Å². The fourth-order valence-electron chi connectivity index (χ4n) is 1.39. The van der Waals surface area contributed by atoms with Crippen LogP contribution in [-0.4, -0.2) is 50.4 Å². The van der Waals surface area contributed by atoms with Gasteiger partial charge in [-0.05, 0) is 5.92 Å².